The number of hydrogen-bond acceptors (Lipinski definition) is 2. The smallest absolute Gasteiger partial charge is 0.195 e. The minimum absolute atomic E-state index is 0.193. The quantitative estimate of drug-likeness (QED) is 0.590. The highest BCUT2D eigenvalue weighted by atomic mass is 28.2. The van der Waals surface area contributed by atoms with Crippen molar-refractivity contribution < 1.29 is 9.53 Å². The van der Waals surface area contributed by atoms with Crippen LogP contribution in [0.1, 0.15) is 20.8 Å². The molecular weight excluding hydrogens is 192 g/mol. The van der Waals surface area contributed by atoms with E-state index in [2.05, 4.69) is 0 Å². The molecule has 0 aliphatic carbocycles. The molecular formula is C11H18O2Si. The van der Waals surface area contributed by atoms with E-state index in [1.54, 1.807) is 0 Å². The van der Waals surface area contributed by atoms with E-state index < -0.39 is 16.1 Å². The van der Waals surface area contributed by atoms with Crippen molar-refractivity contribution in [2.75, 3.05) is 0 Å². The molecule has 1 aromatic rings. The van der Waals surface area contributed by atoms with Gasteiger partial charge in [0.1, 0.15) is 6.29 Å². The molecule has 0 heterocycles. The predicted molar refractivity (Wildman–Crippen MR) is 61.2 cm³/mol. The molecule has 1 rings (SSSR count). The zero-order valence-electron chi connectivity index (χ0n) is 9.03. The van der Waals surface area contributed by atoms with E-state index in [9.17, 15) is 5.11 Å². The van der Waals surface area contributed by atoms with Crippen molar-refractivity contribution in [2.24, 2.45) is 5.41 Å². The molecule has 0 aliphatic heterocycles. The minimum atomic E-state index is -0.789. The average molecular weight is 210 g/mol. The maximum atomic E-state index is 9.66. The van der Waals surface area contributed by atoms with Crippen LogP contribution in [0.15, 0.2) is 30.3 Å². The second-order valence-corrected chi connectivity index (χ2v) is 5.95. The van der Waals surface area contributed by atoms with E-state index >= 15 is 0 Å². The van der Waals surface area contributed by atoms with Gasteiger partial charge in [-0.15, -0.1) is 0 Å². The summed E-state index contributed by atoms with van der Waals surface area (Å²) >= 11 is 0. The van der Waals surface area contributed by atoms with Gasteiger partial charge in [0.2, 0.25) is 0 Å². The Morgan fingerprint density at radius 2 is 1.79 bits per heavy atom. The molecule has 3 heteroatoms. The summed E-state index contributed by atoms with van der Waals surface area (Å²) < 4.78 is 5.49. The summed E-state index contributed by atoms with van der Waals surface area (Å²) in [6.45, 7) is 5.91. The molecule has 1 N–H and O–H groups in total. The molecule has 2 nitrogen and oxygen atoms in total. The zero-order chi connectivity index (χ0) is 10.6. The van der Waals surface area contributed by atoms with Gasteiger partial charge in [-0.25, -0.2) is 0 Å². The molecule has 14 heavy (non-hydrogen) atoms. The molecule has 0 amide bonds. The van der Waals surface area contributed by atoms with Gasteiger partial charge in [0, 0.05) is 5.41 Å². The molecule has 0 saturated heterocycles. The van der Waals surface area contributed by atoms with Crippen molar-refractivity contribution in [1.29, 1.82) is 0 Å². The third kappa shape index (κ3) is 3.62. The Balaban J connectivity index is 2.42. The van der Waals surface area contributed by atoms with Gasteiger partial charge < -0.3 is 9.53 Å². The molecule has 0 spiro atoms. The van der Waals surface area contributed by atoms with E-state index in [0.29, 0.717) is 0 Å². The van der Waals surface area contributed by atoms with Crippen LogP contribution in [0, 0.1) is 5.41 Å². The number of benzene rings is 1. The molecule has 0 aliphatic rings. The minimum Gasteiger partial charge on any atom is -0.394 e. The summed E-state index contributed by atoms with van der Waals surface area (Å²) in [7, 11) is -0.789. The molecule has 0 radical (unpaired) electrons. The van der Waals surface area contributed by atoms with Gasteiger partial charge in [-0.3, -0.25) is 0 Å². The van der Waals surface area contributed by atoms with Crippen LogP contribution >= 0.6 is 0 Å². The SMILES string of the molecule is CC(C)(C)C(O)O[SiH2]c1ccccc1. The summed E-state index contributed by atoms with van der Waals surface area (Å²) in [6, 6.07) is 10.1. The summed E-state index contributed by atoms with van der Waals surface area (Å²) in [5.74, 6) is 0. The first-order valence-corrected chi connectivity index (χ1v) is 6.12. The maximum absolute atomic E-state index is 9.66. The molecule has 0 fully saturated rings. The second-order valence-electron chi connectivity index (χ2n) is 4.51. The zero-order valence-corrected chi connectivity index (χ0v) is 10.4. The van der Waals surface area contributed by atoms with Crippen LogP contribution in [0.3, 0.4) is 0 Å². The van der Waals surface area contributed by atoms with Crippen LogP contribution in [-0.4, -0.2) is 21.2 Å². The molecule has 1 aromatic carbocycles. The molecule has 1 atom stereocenters. The van der Waals surface area contributed by atoms with Crippen LogP contribution < -0.4 is 5.19 Å². The lowest BCUT2D eigenvalue weighted by molar-refractivity contribution is -0.0915. The Hall–Kier alpha value is -0.643. The van der Waals surface area contributed by atoms with Gasteiger partial charge in [-0.05, 0) is 5.19 Å². The Morgan fingerprint density at radius 1 is 1.21 bits per heavy atom. The fourth-order valence-electron chi connectivity index (χ4n) is 0.999. The first-order valence-electron chi connectivity index (χ1n) is 4.84. The van der Waals surface area contributed by atoms with Gasteiger partial charge in [-0.2, -0.15) is 0 Å². The van der Waals surface area contributed by atoms with Crippen LogP contribution in [-0.2, 0) is 4.43 Å². The number of hydrogen-bond donors (Lipinski definition) is 1. The normalized spacial score (nSPS) is 14.9. The lowest BCUT2D eigenvalue weighted by atomic mass is 9.96. The van der Waals surface area contributed by atoms with Crippen molar-refractivity contribution >= 4 is 14.9 Å². The summed E-state index contributed by atoms with van der Waals surface area (Å²) in [5, 5.41) is 10.9. The third-order valence-corrected chi connectivity index (χ3v) is 3.28. The Bertz CT molecular complexity index is 266. The monoisotopic (exact) mass is 210 g/mol. The fourth-order valence-corrected chi connectivity index (χ4v) is 2.31. The first kappa shape index (κ1) is 11.4. The van der Waals surface area contributed by atoms with E-state index in [1.165, 1.54) is 5.19 Å². The Labute approximate surface area is 87.9 Å². The van der Waals surface area contributed by atoms with Crippen LogP contribution in [0.25, 0.3) is 0 Å². The van der Waals surface area contributed by atoms with E-state index in [0.717, 1.165) is 0 Å². The second kappa shape index (κ2) is 4.73. The van der Waals surface area contributed by atoms with E-state index in [4.69, 9.17) is 4.43 Å². The Morgan fingerprint density at radius 3 is 2.29 bits per heavy atom. The van der Waals surface area contributed by atoms with E-state index in [1.807, 2.05) is 51.1 Å². The van der Waals surface area contributed by atoms with Gasteiger partial charge in [0.25, 0.3) is 0 Å². The fraction of sp³-hybridized carbons (Fsp3) is 0.455. The summed E-state index contributed by atoms with van der Waals surface area (Å²) in [4.78, 5) is 0. The molecule has 1 unspecified atom stereocenters. The van der Waals surface area contributed by atoms with Crippen molar-refractivity contribution in [2.45, 2.75) is 27.1 Å². The van der Waals surface area contributed by atoms with Crippen LogP contribution in [0.2, 0.25) is 0 Å². The maximum Gasteiger partial charge on any atom is 0.195 e. The highest BCUT2D eigenvalue weighted by Gasteiger charge is 2.22. The standard InChI is InChI=1S/C11H18O2Si/c1-11(2,3)10(12)13-14-9-7-5-4-6-8-9/h4-8,10,12H,14H2,1-3H3. The van der Waals surface area contributed by atoms with Crippen LogP contribution in [0.4, 0.5) is 0 Å². The van der Waals surface area contributed by atoms with Crippen molar-refractivity contribution in [3.8, 4) is 0 Å². The summed E-state index contributed by atoms with van der Waals surface area (Å²) in [5.41, 5.74) is -0.193. The first-order chi connectivity index (χ1) is 6.50. The Kier molecular flexibility index (Phi) is 3.86. The number of aliphatic hydroxyl groups is 1. The van der Waals surface area contributed by atoms with Gasteiger partial charge in [0.05, 0.1) is 0 Å². The van der Waals surface area contributed by atoms with Crippen molar-refractivity contribution in [3.63, 3.8) is 0 Å². The molecule has 0 bridgehead atoms. The van der Waals surface area contributed by atoms with Crippen molar-refractivity contribution in [1.82, 2.24) is 0 Å². The van der Waals surface area contributed by atoms with Crippen molar-refractivity contribution in [3.05, 3.63) is 30.3 Å². The molecule has 0 saturated carbocycles. The molecule has 0 aromatic heterocycles. The third-order valence-electron chi connectivity index (χ3n) is 1.99. The average Bonchev–Trinajstić information content (AvgIpc) is 2.14. The summed E-state index contributed by atoms with van der Waals surface area (Å²) in [6.07, 6.45) is -0.658. The predicted octanol–water partition coefficient (Wildman–Crippen LogP) is 0.777. The van der Waals surface area contributed by atoms with Gasteiger partial charge in [0.15, 0.2) is 9.76 Å². The number of rotatable bonds is 3. The van der Waals surface area contributed by atoms with Gasteiger partial charge in [-0.1, -0.05) is 51.1 Å². The highest BCUT2D eigenvalue weighted by molar-refractivity contribution is 6.46. The number of aliphatic hydroxyl groups excluding tert-OH is 1. The highest BCUT2D eigenvalue weighted by Crippen LogP contribution is 2.19. The van der Waals surface area contributed by atoms with E-state index in [-0.39, 0.29) is 5.41 Å². The van der Waals surface area contributed by atoms with Gasteiger partial charge >= 0.3 is 0 Å². The molecule has 78 valence electrons. The lowest BCUT2D eigenvalue weighted by Crippen LogP contribution is -2.33. The largest absolute Gasteiger partial charge is 0.394 e. The van der Waals surface area contributed by atoms with Crippen LogP contribution in [0.5, 0.6) is 0 Å². The lowest BCUT2D eigenvalue weighted by Gasteiger charge is -2.26. The topological polar surface area (TPSA) is 29.5 Å².